The van der Waals surface area contributed by atoms with Crippen LogP contribution in [0, 0.1) is 0 Å². The van der Waals surface area contributed by atoms with Crippen molar-refractivity contribution in [3.8, 4) is 0 Å². The van der Waals surface area contributed by atoms with E-state index in [0.717, 1.165) is 4.90 Å². The molecule has 0 saturated heterocycles. The quantitative estimate of drug-likeness (QED) is 0.476. The molecular formula is C16H24N4O6. The van der Waals surface area contributed by atoms with Crippen LogP contribution in [0.15, 0.2) is 17.3 Å². The predicted molar refractivity (Wildman–Crippen MR) is 92.6 cm³/mol. The van der Waals surface area contributed by atoms with E-state index in [1.165, 1.54) is 12.5 Å². The van der Waals surface area contributed by atoms with Gasteiger partial charge in [0.1, 0.15) is 16.6 Å². The van der Waals surface area contributed by atoms with Crippen molar-refractivity contribution in [3.63, 3.8) is 0 Å². The van der Waals surface area contributed by atoms with Crippen LogP contribution in [0.5, 0.6) is 0 Å². The number of nitrogens with zero attached hydrogens (tertiary/aromatic N) is 2. The second-order valence-corrected chi connectivity index (χ2v) is 6.80. The molecule has 2 rings (SSSR count). The fourth-order valence-corrected chi connectivity index (χ4v) is 2.64. The highest BCUT2D eigenvalue weighted by atomic mass is 16.6. The highest BCUT2D eigenvalue weighted by Crippen LogP contribution is 2.29. The van der Waals surface area contributed by atoms with Gasteiger partial charge in [0.2, 0.25) is 0 Å². The number of carbonyl (C=O) groups excluding carboxylic acids is 1. The molecule has 0 radical (unpaired) electrons. The van der Waals surface area contributed by atoms with E-state index >= 15 is 0 Å². The van der Waals surface area contributed by atoms with Gasteiger partial charge in [0.05, 0.1) is 38.2 Å². The van der Waals surface area contributed by atoms with E-state index in [1.807, 2.05) is 0 Å². The molecular weight excluding hydrogens is 344 g/mol. The first kappa shape index (κ1) is 19.9. The number of fused-ring (bicyclic) bond motifs is 1. The lowest BCUT2D eigenvalue weighted by atomic mass is 10.1. The molecule has 0 aliphatic rings. The van der Waals surface area contributed by atoms with Crippen molar-refractivity contribution in [2.45, 2.75) is 38.5 Å². The number of nitrogens with one attached hydrogen (secondary N) is 2. The summed E-state index contributed by atoms with van der Waals surface area (Å²) in [7, 11) is 0. The van der Waals surface area contributed by atoms with E-state index in [-0.39, 0.29) is 11.0 Å². The minimum Gasteiger partial charge on any atom is -0.444 e. The van der Waals surface area contributed by atoms with Crippen LogP contribution in [0.1, 0.15) is 32.4 Å². The van der Waals surface area contributed by atoms with Crippen LogP contribution < -0.4 is 5.56 Å². The smallest absolute Gasteiger partial charge is 0.411 e. The lowest BCUT2D eigenvalue weighted by molar-refractivity contribution is -0.0218. The molecule has 10 heteroatoms. The number of aliphatic hydroxyl groups is 3. The molecule has 26 heavy (non-hydrogen) atoms. The number of H-pyrrole nitrogens is 2. The monoisotopic (exact) mass is 368 g/mol. The topological polar surface area (TPSA) is 152 Å². The molecule has 0 fully saturated rings. The highest BCUT2D eigenvalue weighted by molar-refractivity contribution is 5.79. The number of aromatic nitrogens is 3. The van der Waals surface area contributed by atoms with Crippen LogP contribution in [-0.2, 0) is 4.74 Å². The Morgan fingerprint density at radius 2 is 1.88 bits per heavy atom. The molecule has 0 spiro atoms. The van der Waals surface area contributed by atoms with Crippen LogP contribution in [0.2, 0.25) is 0 Å². The Bertz CT molecular complexity index is 805. The van der Waals surface area contributed by atoms with Gasteiger partial charge in [0.25, 0.3) is 5.56 Å². The maximum atomic E-state index is 12.7. The number of ether oxygens (including phenoxy) is 1. The number of hydrogen-bond donors (Lipinski definition) is 5. The third kappa shape index (κ3) is 4.03. The van der Waals surface area contributed by atoms with Gasteiger partial charge in [-0.05, 0) is 20.8 Å². The normalized spacial score (nSPS) is 13.2. The summed E-state index contributed by atoms with van der Waals surface area (Å²) in [5.41, 5.74) is -0.389. The zero-order chi connectivity index (χ0) is 19.5. The molecule has 0 aliphatic heterocycles. The number of amides is 1. The molecule has 0 aliphatic carbocycles. The Balaban J connectivity index is 2.53. The van der Waals surface area contributed by atoms with Crippen molar-refractivity contribution in [1.82, 2.24) is 19.9 Å². The molecule has 2 aromatic rings. The average Bonchev–Trinajstić information content (AvgIpc) is 2.99. The van der Waals surface area contributed by atoms with Crippen LogP contribution in [-0.4, -0.2) is 72.7 Å². The lowest BCUT2D eigenvalue weighted by Gasteiger charge is -2.36. The molecule has 0 unspecified atom stereocenters. The summed E-state index contributed by atoms with van der Waals surface area (Å²) in [6.45, 7) is 3.42. The first-order chi connectivity index (χ1) is 12.2. The summed E-state index contributed by atoms with van der Waals surface area (Å²) in [6, 6.07) is -1.99. The summed E-state index contributed by atoms with van der Waals surface area (Å²) in [5, 5.41) is 29.1. The van der Waals surface area contributed by atoms with Gasteiger partial charge in [-0.25, -0.2) is 9.78 Å². The Morgan fingerprint density at radius 3 is 2.42 bits per heavy atom. The molecule has 2 heterocycles. The molecule has 5 N–H and O–H groups in total. The van der Waals surface area contributed by atoms with Crippen molar-refractivity contribution >= 4 is 17.1 Å². The standard InChI is InChI=1S/C16H24N4O6/c1-16(2,3)26-15(25)20(9(5-21)6-22)11(7-23)10-4-17-13-12(10)18-8-19-14(13)24/h4,8-9,11,17,21-23H,5-7H2,1-3H3,(H,18,19,24)/t11-/m1/s1. The number of aromatic amines is 2. The van der Waals surface area contributed by atoms with Gasteiger partial charge in [-0.3, -0.25) is 9.69 Å². The van der Waals surface area contributed by atoms with Crippen molar-refractivity contribution in [2.24, 2.45) is 0 Å². The second kappa shape index (κ2) is 7.85. The first-order valence-corrected chi connectivity index (χ1v) is 8.12. The van der Waals surface area contributed by atoms with E-state index in [9.17, 15) is 24.9 Å². The van der Waals surface area contributed by atoms with Crippen molar-refractivity contribution in [2.75, 3.05) is 19.8 Å². The number of aliphatic hydroxyl groups excluding tert-OH is 3. The van der Waals surface area contributed by atoms with Crippen molar-refractivity contribution in [1.29, 1.82) is 0 Å². The molecule has 0 saturated carbocycles. The van der Waals surface area contributed by atoms with Crippen molar-refractivity contribution in [3.05, 3.63) is 28.4 Å². The van der Waals surface area contributed by atoms with Crippen LogP contribution in [0.3, 0.4) is 0 Å². The number of carbonyl (C=O) groups is 1. The van der Waals surface area contributed by atoms with Crippen LogP contribution in [0.4, 0.5) is 4.79 Å². The molecule has 10 nitrogen and oxygen atoms in total. The minimum absolute atomic E-state index is 0.189. The third-order valence-corrected chi connectivity index (χ3v) is 3.79. The van der Waals surface area contributed by atoms with Gasteiger partial charge in [-0.2, -0.15) is 0 Å². The van der Waals surface area contributed by atoms with Gasteiger partial charge in [-0.1, -0.05) is 0 Å². The highest BCUT2D eigenvalue weighted by Gasteiger charge is 2.35. The minimum atomic E-state index is -1.01. The van der Waals surface area contributed by atoms with Gasteiger partial charge >= 0.3 is 6.09 Å². The summed E-state index contributed by atoms with van der Waals surface area (Å²) in [6.07, 6.45) is 1.85. The molecule has 0 aromatic carbocycles. The molecule has 2 aromatic heterocycles. The fraction of sp³-hybridized carbons (Fsp3) is 0.562. The van der Waals surface area contributed by atoms with E-state index in [1.54, 1.807) is 20.8 Å². The summed E-state index contributed by atoms with van der Waals surface area (Å²) in [5.74, 6) is 0. The fourth-order valence-electron chi connectivity index (χ4n) is 2.64. The molecule has 0 bridgehead atoms. The van der Waals surface area contributed by atoms with Gasteiger partial charge in [-0.15, -0.1) is 0 Å². The third-order valence-electron chi connectivity index (χ3n) is 3.79. The largest absolute Gasteiger partial charge is 0.444 e. The maximum absolute atomic E-state index is 12.7. The number of rotatable bonds is 6. The Labute approximate surface area is 149 Å². The zero-order valence-electron chi connectivity index (χ0n) is 14.9. The molecule has 1 atom stereocenters. The van der Waals surface area contributed by atoms with Crippen LogP contribution >= 0.6 is 0 Å². The zero-order valence-corrected chi connectivity index (χ0v) is 14.9. The average molecular weight is 368 g/mol. The predicted octanol–water partition coefficient (Wildman–Crippen LogP) is -0.125. The molecule has 144 valence electrons. The maximum Gasteiger partial charge on any atom is 0.411 e. The van der Waals surface area contributed by atoms with E-state index in [2.05, 4.69) is 15.0 Å². The lowest BCUT2D eigenvalue weighted by Crippen LogP contribution is -2.49. The summed E-state index contributed by atoms with van der Waals surface area (Å²) < 4.78 is 5.36. The number of hydrogen-bond acceptors (Lipinski definition) is 7. The first-order valence-electron chi connectivity index (χ1n) is 8.12. The summed E-state index contributed by atoms with van der Waals surface area (Å²) >= 11 is 0. The van der Waals surface area contributed by atoms with Gasteiger partial charge in [0.15, 0.2) is 0 Å². The van der Waals surface area contributed by atoms with Gasteiger partial charge in [0, 0.05) is 11.8 Å². The van der Waals surface area contributed by atoms with E-state index in [0.29, 0.717) is 5.56 Å². The van der Waals surface area contributed by atoms with Crippen molar-refractivity contribution < 1.29 is 24.9 Å². The Hall–Kier alpha value is -2.43. The summed E-state index contributed by atoms with van der Waals surface area (Å²) in [4.78, 5) is 34.9. The molecule has 1 amide bonds. The van der Waals surface area contributed by atoms with Gasteiger partial charge < -0.3 is 30.0 Å². The van der Waals surface area contributed by atoms with Crippen LogP contribution in [0.25, 0.3) is 11.0 Å². The SMILES string of the molecule is CC(C)(C)OC(=O)N(C(CO)CO)[C@H](CO)c1c[nH]c2c(=O)[nH]cnc12. The van der Waals surface area contributed by atoms with E-state index < -0.39 is 49.2 Å². The Kier molecular flexibility index (Phi) is 6.01. The van der Waals surface area contributed by atoms with E-state index in [4.69, 9.17) is 4.74 Å². The Morgan fingerprint density at radius 1 is 1.23 bits per heavy atom. The second-order valence-electron chi connectivity index (χ2n) is 6.80.